The van der Waals surface area contributed by atoms with Crippen molar-refractivity contribution >= 4 is 11.6 Å². The summed E-state index contributed by atoms with van der Waals surface area (Å²) in [5.74, 6) is 0.757. The van der Waals surface area contributed by atoms with Gasteiger partial charge in [0, 0.05) is 23.8 Å². The van der Waals surface area contributed by atoms with Crippen LogP contribution in [-0.4, -0.2) is 18.5 Å². The average Bonchev–Trinajstić information content (AvgIpc) is 3.07. The van der Waals surface area contributed by atoms with Crippen LogP contribution in [0.3, 0.4) is 0 Å². The molecular weight excluding hydrogens is 212 g/mol. The molecule has 1 aliphatic carbocycles. The van der Waals surface area contributed by atoms with E-state index in [-0.39, 0.29) is 5.91 Å². The smallest absolute Gasteiger partial charge is 0.251 e. The highest BCUT2D eigenvalue weighted by Crippen LogP contribution is 2.32. The average molecular weight is 230 g/mol. The maximum atomic E-state index is 12.0. The molecule has 1 saturated carbocycles. The topological polar surface area (TPSA) is 41.1 Å². The maximum Gasteiger partial charge on any atom is 0.251 e. The molecule has 1 fully saturated rings. The van der Waals surface area contributed by atoms with E-state index >= 15 is 0 Å². The Morgan fingerprint density at radius 1 is 1.47 bits per heavy atom. The fourth-order valence-electron chi connectivity index (χ4n) is 2.44. The molecule has 1 aliphatic heterocycles. The summed E-state index contributed by atoms with van der Waals surface area (Å²) < 4.78 is 0. The number of benzene rings is 1. The molecule has 1 unspecified atom stereocenters. The summed E-state index contributed by atoms with van der Waals surface area (Å²) in [6.45, 7) is 3.08. The van der Waals surface area contributed by atoms with Crippen molar-refractivity contribution in [3.8, 4) is 0 Å². The second-order valence-corrected chi connectivity index (χ2v) is 5.15. The Labute approximate surface area is 102 Å². The van der Waals surface area contributed by atoms with Gasteiger partial charge in [0.15, 0.2) is 0 Å². The van der Waals surface area contributed by atoms with E-state index < -0.39 is 0 Å². The molecule has 1 aromatic carbocycles. The standard InChI is InChI=1S/C14H18N2O/c1-9(10-2-3-10)16-14(17)12-5-4-11-6-7-15-13(11)8-12/h4-5,8-10,15H,2-3,6-7H2,1H3,(H,16,17). The highest BCUT2D eigenvalue weighted by atomic mass is 16.1. The van der Waals surface area contributed by atoms with Crippen molar-refractivity contribution < 1.29 is 4.79 Å². The van der Waals surface area contributed by atoms with Crippen molar-refractivity contribution in [1.29, 1.82) is 0 Å². The van der Waals surface area contributed by atoms with Crippen molar-refractivity contribution in [3.63, 3.8) is 0 Å². The Morgan fingerprint density at radius 2 is 2.29 bits per heavy atom. The molecule has 3 heteroatoms. The van der Waals surface area contributed by atoms with Crippen LogP contribution in [-0.2, 0) is 6.42 Å². The molecule has 1 amide bonds. The highest BCUT2D eigenvalue weighted by Gasteiger charge is 2.29. The molecule has 3 nitrogen and oxygen atoms in total. The molecule has 90 valence electrons. The summed E-state index contributed by atoms with van der Waals surface area (Å²) in [5, 5.41) is 6.39. The number of anilines is 1. The van der Waals surface area contributed by atoms with Crippen LogP contribution in [0.4, 0.5) is 5.69 Å². The Hall–Kier alpha value is -1.51. The second-order valence-electron chi connectivity index (χ2n) is 5.15. The van der Waals surface area contributed by atoms with E-state index in [2.05, 4.69) is 23.6 Å². The molecule has 1 atom stereocenters. The van der Waals surface area contributed by atoms with Crippen LogP contribution in [0.15, 0.2) is 18.2 Å². The number of amides is 1. The molecule has 17 heavy (non-hydrogen) atoms. The van der Waals surface area contributed by atoms with E-state index in [0.717, 1.165) is 24.2 Å². The molecule has 1 heterocycles. The number of carbonyl (C=O) groups is 1. The Morgan fingerprint density at radius 3 is 3.06 bits per heavy atom. The van der Waals surface area contributed by atoms with Crippen LogP contribution in [0.25, 0.3) is 0 Å². The van der Waals surface area contributed by atoms with Crippen LogP contribution in [0.1, 0.15) is 35.7 Å². The zero-order valence-electron chi connectivity index (χ0n) is 10.1. The van der Waals surface area contributed by atoms with Crippen LogP contribution < -0.4 is 10.6 Å². The highest BCUT2D eigenvalue weighted by molar-refractivity contribution is 5.95. The molecular formula is C14H18N2O. The third kappa shape index (κ3) is 2.14. The van der Waals surface area contributed by atoms with Gasteiger partial charge in [-0.3, -0.25) is 4.79 Å². The van der Waals surface area contributed by atoms with E-state index in [4.69, 9.17) is 0 Å². The summed E-state index contributed by atoms with van der Waals surface area (Å²) in [6.07, 6.45) is 3.58. The van der Waals surface area contributed by atoms with Crippen LogP contribution in [0.5, 0.6) is 0 Å². The number of carbonyl (C=O) groups excluding carboxylic acids is 1. The maximum absolute atomic E-state index is 12.0. The predicted octanol–water partition coefficient (Wildman–Crippen LogP) is 2.18. The molecule has 3 rings (SSSR count). The third-order valence-electron chi connectivity index (χ3n) is 3.77. The Bertz CT molecular complexity index is 452. The van der Waals surface area contributed by atoms with Gasteiger partial charge in [0.2, 0.25) is 0 Å². The molecule has 0 aromatic heterocycles. The molecule has 1 aromatic rings. The lowest BCUT2D eigenvalue weighted by Crippen LogP contribution is -2.33. The van der Waals surface area contributed by atoms with Gasteiger partial charge in [-0.2, -0.15) is 0 Å². The second kappa shape index (κ2) is 4.06. The van der Waals surface area contributed by atoms with E-state index in [1.807, 2.05) is 12.1 Å². The lowest BCUT2D eigenvalue weighted by atomic mass is 10.1. The van der Waals surface area contributed by atoms with Gasteiger partial charge in [0.05, 0.1) is 0 Å². The minimum Gasteiger partial charge on any atom is -0.384 e. The quantitative estimate of drug-likeness (QED) is 0.835. The minimum absolute atomic E-state index is 0.0564. The zero-order valence-corrected chi connectivity index (χ0v) is 10.1. The van der Waals surface area contributed by atoms with E-state index in [9.17, 15) is 4.79 Å². The number of hydrogen-bond donors (Lipinski definition) is 2. The molecule has 0 bridgehead atoms. The predicted molar refractivity (Wildman–Crippen MR) is 68.3 cm³/mol. The molecule has 0 radical (unpaired) electrons. The third-order valence-corrected chi connectivity index (χ3v) is 3.77. The summed E-state index contributed by atoms with van der Waals surface area (Å²) in [5.41, 5.74) is 3.21. The minimum atomic E-state index is 0.0564. The van der Waals surface area contributed by atoms with Crippen LogP contribution in [0.2, 0.25) is 0 Å². The van der Waals surface area contributed by atoms with Gasteiger partial charge in [0.1, 0.15) is 0 Å². The number of fused-ring (bicyclic) bond motifs is 1. The SMILES string of the molecule is CC(NC(=O)c1ccc2c(c1)NCC2)C1CC1. The summed E-state index contributed by atoms with van der Waals surface area (Å²) in [6, 6.07) is 6.27. The first kappa shape index (κ1) is 10.6. The van der Waals surface area contributed by atoms with E-state index in [0.29, 0.717) is 12.0 Å². The Kier molecular flexibility index (Phi) is 2.54. The first-order valence-corrected chi connectivity index (χ1v) is 6.42. The summed E-state index contributed by atoms with van der Waals surface area (Å²) in [4.78, 5) is 12.0. The van der Waals surface area contributed by atoms with Gasteiger partial charge in [-0.1, -0.05) is 6.07 Å². The molecule has 2 N–H and O–H groups in total. The van der Waals surface area contributed by atoms with Crippen molar-refractivity contribution in [2.45, 2.75) is 32.2 Å². The van der Waals surface area contributed by atoms with Crippen molar-refractivity contribution in [1.82, 2.24) is 5.32 Å². The first-order valence-electron chi connectivity index (χ1n) is 6.42. The van der Waals surface area contributed by atoms with E-state index in [1.165, 1.54) is 18.4 Å². The monoisotopic (exact) mass is 230 g/mol. The van der Waals surface area contributed by atoms with Gasteiger partial charge in [0.25, 0.3) is 5.91 Å². The lowest BCUT2D eigenvalue weighted by Gasteiger charge is -2.13. The zero-order chi connectivity index (χ0) is 11.8. The Balaban J connectivity index is 1.72. The van der Waals surface area contributed by atoms with Gasteiger partial charge in [-0.25, -0.2) is 0 Å². The van der Waals surface area contributed by atoms with E-state index in [1.54, 1.807) is 0 Å². The normalized spacial score (nSPS) is 19.4. The number of rotatable bonds is 3. The van der Waals surface area contributed by atoms with Crippen LogP contribution in [0, 0.1) is 5.92 Å². The first-order chi connectivity index (χ1) is 8.24. The molecule has 2 aliphatic rings. The summed E-state index contributed by atoms with van der Waals surface area (Å²) in [7, 11) is 0. The number of nitrogens with one attached hydrogen (secondary N) is 2. The van der Waals surface area contributed by atoms with Gasteiger partial charge in [-0.05, 0) is 49.8 Å². The number of hydrogen-bond acceptors (Lipinski definition) is 2. The van der Waals surface area contributed by atoms with Crippen molar-refractivity contribution in [3.05, 3.63) is 29.3 Å². The lowest BCUT2D eigenvalue weighted by molar-refractivity contribution is 0.0936. The van der Waals surface area contributed by atoms with Crippen molar-refractivity contribution in [2.75, 3.05) is 11.9 Å². The van der Waals surface area contributed by atoms with Gasteiger partial charge in [-0.15, -0.1) is 0 Å². The van der Waals surface area contributed by atoms with Crippen LogP contribution >= 0.6 is 0 Å². The molecule has 0 spiro atoms. The fourth-order valence-corrected chi connectivity index (χ4v) is 2.44. The molecule has 0 saturated heterocycles. The summed E-state index contributed by atoms with van der Waals surface area (Å²) >= 11 is 0. The van der Waals surface area contributed by atoms with Gasteiger partial charge < -0.3 is 10.6 Å². The van der Waals surface area contributed by atoms with Gasteiger partial charge >= 0.3 is 0 Å². The van der Waals surface area contributed by atoms with Crippen molar-refractivity contribution in [2.24, 2.45) is 5.92 Å². The largest absolute Gasteiger partial charge is 0.384 e. The fraction of sp³-hybridized carbons (Fsp3) is 0.500.